The average Bonchev–Trinajstić information content (AvgIpc) is 2.68. The molecule has 0 unspecified atom stereocenters. The van der Waals surface area contributed by atoms with Crippen molar-refractivity contribution in [3.8, 4) is 0 Å². The summed E-state index contributed by atoms with van der Waals surface area (Å²) in [6.45, 7) is 1.82. The number of benzene rings is 2. The number of hydrogen-bond donors (Lipinski definition) is 4. The minimum Gasteiger partial charge on any atom is -0.462 e. The van der Waals surface area contributed by atoms with Crippen molar-refractivity contribution in [3.05, 3.63) is 77.6 Å². The molecule has 5 N–H and O–H groups in total. The minimum absolute atomic E-state index is 0.0682. The minimum atomic E-state index is -0.704. The number of hydrogen-bond acceptors (Lipinski definition) is 6. The van der Waals surface area contributed by atoms with Gasteiger partial charge < -0.3 is 15.8 Å². The zero-order valence-corrected chi connectivity index (χ0v) is 15.5. The van der Waals surface area contributed by atoms with Crippen molar-refractivity contribution in [2.75, 3.05) is 11.9 Å². The van der Waals surface area contributed by atoms with Crippen LogP contribution in [0.5, 0.6) is 0 Å². The molecule has 0 aliphatic rings. The van der Waals surface area contributed by atoms with E-state index in [0.29, 0.717) is 11.3 Å². The van der Waals surface area contributed by atoms with E-state index in [0.717, 1.165) is 0 Å². The average molecular weight is 384 g/mol. The maximum atomic E-state index is 12.3. The number of ether oxygens (including phenoxy) is 1. The number of amides is 1. The van der Waals surface area contributed by atoms with Gasteiger partial charge in [0.1, 0.15) is 16.4 Å². The smallest absolute Gasteiger partial charge is 0.344 e. The lowest BCUT2D eigenvalue weighted by atomic mass is 10.2. The Kier molecular flexibility index (Phi) is 7.33. The van der Waals surface area contributed by atoms with Crippen LogP contribution >= 0.6 is 12.2 Å². The van der Waals surface area contributed by atoms with Gasteiger partial charge in [-0.05, 0) is 31.2 Å². The first kappa shape index (κ1) is 19.9. The second-order valence-corrected chi connectivity index (χ2v) is 5.68. The van der Waals surface area contributed by atoms with Gasteiger partial charge in [0.2, 0.25) is 0 Å². The summed E-state index contributed by atoms with van der Waals surface area (Å²) in [5.74, 6) is -1.25. The fraction of sp³-hybridized carbons (Fsp3) is 0.105. The lowest BCUT2D eigenvalue weighted by Crippen LogP contribution is -2.42. The fourth-order valence-electron chi connectivity index (χ4n) is 2.09. The molecule has 0 spiro atoms. The van der Waals surface area contributed by atoms with Gasteiger partial charge in [-0.3, -0.25) is 15.6 Å². The number of carbonyl (C=O) groups is 2. The highest BCUT2D eigenvalue weighted by molar-refractivity contribution is 7.81. The predicted octanol–water partition coefficient (Wildman–Crippen LogP) is 2.09. The van der Waals surface area contributed by atoms with Crippen molar-refractivity contribution >= 4 is 34.8 Å². The molecule has 0 fully saturated rings. The van der Waals surface area contributed by atoms with Gasteiger partial charge in [-0.25, -0.2) is 4.79 Å². The molecule has 0 aromatic heterocycles. The molecule has 7 nitrogen and oxygen atoms in total. The van der Waals surface area contributed by atoms with E-state index in [1.807, 2.05) is 18.2 Å². The first-order valence-corrected chi connectivity index (χ1v) is 8.58. The molecule has 140 valence electrons. The van der Waals surface area contributed by atoms with Crippen molar-refractivity contribution in [1.29, 1.82) is 0 Å². The highest BCUT2D eigenvalue weighted by Crippen LogP contribution is 2.11. The van der Waals surface area contributed by atoms with Crippen LogP contribution in [0, 0.1) is 0 Å². The van der Waals surface area contributed by atoms with Crippen LogP contribution < -0.4 is 21.9 Å². The van der Waals surface area contributed by atoms with E-state index in [-0.39, 0.29) is 23.0 Å². The molecule has 2 aromatic carbocycles. The Morgan fingerprint density at radius 1 is 1.00 bits per heavy atom. The third-order valence-electron chi connectivity index (χ3n) is 3.35. The number of carbonyl (C=O) groups excluding carboxylic acids is 2. The normalized spacial score (nSPS) is 11.0. The largest absolute Gasteiger partial charge is 0.462 e. The number of nitrogens with one attached hydrogen (secondary N) is 3. The maximum absolute atomic E-state index is 12.3. The highest BCUT2D eigenvalue weighted by Gasteiger charge is 2.21. The summed E-state index contributed by atoms with van der Waals surface area (Å²) in [5.41, 5.74) is 11.9. The number of para-hydroxylation sites is 1. The molecule has 1 amide bonds. The zero-order chi connectivity index (χ0) is 19.6. The monoisotopic (exact) mass is 384 g/mol. The molecule has 27 heavy (non-hydrogen) atoms. The molecule has 0 aliphatic carbocycles. The first-order chi connectivity index (χ1) is 13.0. The molecular formula is C19H20N4O3S. The van der Waals surface area contributed by atoms with Gasteiger partial charge in [-0.1, -0.05) is 48.6 Å². The van der Waals surface area contributed by atoms with Crippen LogP contribution in [0.25, 0.3) is 0 Å². The molecule has 2 aromatic rings. The van der Waals surface area contributed by atoms with Crippen molar-refractivity contribution in [3.63, 3.8) is 0 Å². The van der Waals surface area contributed by atoms with Crippen LogP contribution in [0.2, 0.25) is 0 Å². The van der Waals surface area contributed by atoms with Crippen LogP contribution in [0.1, 0.15) is 17.3 Å². The molecular weight excluding hydrogens is 364 g/mol. The molecule has 0 aliphatic heterocycles. The van der Waals surface area contributed by atoms with Crippen molar-refractivity contribution in [1.82, 2.24) is 10.9 Å². The fourth-order valence-corrected chi connectivity index (χ4v) is 2.40. The Morgan fingerprint density at radius 3 is 2.19 bits per heavy atom. The van der Waals surface area contributed by atoms with Gasteiger partial charge in [0.05, 0.1) is 6.61 Å². The number of rotatable bonds is 7. The molecule has 0 atom stereocenters. The highest BCUT2D eigenvalue weighted by atomic mass is 32.1. The van der Waals surface area contributed by atoms with Crippen molar-refractivity contribution in [2.24, 2.45) is 5.73 Å². The lowest BCUT2D eigenvalue weighted by Gasteiger charge is -2.15. The first-order valence-electron chi connectivity index (χ1n) is 8.17. The van der Waals surface area contributed by atoms with Gasteiger partial charge in [0.25, 0.3) is 5.91 Å². The predicted molar refractivity (Wildman–Crippen MR) is 108 cm³/mol. The Labute approximate surface area is 162 Å². The molecule has 0 bridgehead atoms. The standard InChI is InChI=1S/C19H20N4O3S/c1-2-26-19(25)15(18(27)21-14-11-7-4-8-12-14)16(20)22-23-17(24)13-9-5-3-6-10-13/h3-12,22H,2,20H2,1H3,(H,21,27)(H,23,24)/b16-15+. The van der Waals surface area contributed by atoms with E-state index < -0.39 is 11.9 Å². The number of nitrogens with two attached hydrogens (primary N) is 1. The topological polar surface area (TPSA) is 105 Å². The number of thiocarbonyl (C=S) groups is 1. The molecule has 0 radical (unpaired) electrons. The van der Waals surface area contributed by atoms with E-state index >= 15 is 0 Å². The van der Waals surface area contributed by atoms with Crippen molar-refractivity contribution < 1.29 is 14.3 Å². The summed E-state index contributed by atoms with van der Waals surface area (Å²) in [4.78, 5) is 24.5. The Bertz CT molecular complexity index is 839. The maximum Gasteiger partial charge on any atom is 0.344 e. The van der Waals surface area contributed by atoms with Crippen LogP contribution in [-0.4, -0.2) is 23.5 Å². The van der Waals surface area contributed by atoms with Crippen LogP contribution in [0.3, 0.4) is 0 Å². The van der Waals surface area contributed by atoms with Crippen LogP contribution in [-0.2, 0) is 9.53 Å². The second-order valence-electron chi connectivity index (χ2n) is 5.27. The molecule has 8 heteroatoms. The Hall–Kier alpha value is -3.39. The molecule has 0 saturated carbocycles. The van der Waals surface area contributed by atoms with E-state index in [1.54, 1.807) is 49.4 Å². The number of esters is 1. The van der Waals surface area contributed by atoms with Gasteiger partial charge >= 0.3 is 5.97 Å². The van der Waals surface area contributed by atoms with E-state index in [1.165, 1.54) is 0 Å². The summed E-state index contributed by atoms with van der Waals surface area (Å²) in [5, 5.41) is 2.92. The van der Waals surface area contributed by atoms with Gasteiger partial charge in [0, 0.05) is 11.3 Å². The summed E-state index contributed by atoms with van der Waals surface area (Å²) < 4.78 is 5.02. The Morgan fingerprint density at radius 2 is 1.59 bits per heavy atom. The summed E-state index contributed by atoms with van der Waals surface area (Å²) in [7, 11) is 0. The van der Waals surface area contributed by atoms with Gasteiger partial charge in [0.15, 0.2) is 0 Å². The van der Waals surface area contributed by atoms with Gasteiger partial charge in [-0.2, -0.15) is 0 Å². The lowest BCUT2D eigenvalue weighted by molar-refractivity contribution is -0.137. The number of hydrazine groups is 1. The molecule has 2 rings (SSSR count). The third kappa shape index (κ3) is 5.82. The third-order valence-corrected chi connectivity index (χ3v) is 3.66. The summed E-state index contributed by atoms with van der Waals surface area (Å²) in [6, 6.07) is 17.6. The SMILES string of the molecule is CCOC(=O)/C(C(=S)Nc1ccccc1)=C(\N)NNC(=O)c1ccccc1. The van der Waals surface area contributed by atoms with Crippen molar-refractivity contribution in [2.45, 2.75) is 6.92 Å². The van der Waals surface area contributed by atoms with E-state index in [4.69, 9.17) is 22.7 Å². The van der Waals surface area contributed by atoms with Crippen LogP contribution in [0.15, 0.2) is 72.1 Å². The van der Waals surface area contributed by atoms with Crippen LogP contribution in [0.4, 0.5) is 5.69 Å². The summed E-state index contributed by atoms with van der Waals surface area (Å²) >= 11 is 5.29. The zero-order valence-electron chi connectivity index (χ0n) is 14.7. The number of anilines is 1. The Balaban J connectivity index is 2.16. The molecule has 0 saturated heterocycles. The quantitative estimate of drug-likeness (QED) is 0.251. The van der Waals surface area contributed by atoms with Gasteiger partial charge in [-0.15, -0.1) is 0 Å². The van der Waals surface area contributed by atoms with E-state index in [2.05, 4.69) is 16.2 Å². The summed E-state index contributed by atoms with van der Waals surface area (Å²) in [6.07, 6.45) is 0. The molecule has 0 heterocycles. The van der Waals surface area contributed by atoms with E-state index in [9.17, 15) is 9.59 Å². The second kappa shape index (κ2) is 9.93.